The van der Waals surface area contributed by atoms with E-state index in [1.807, 2.05) is 42.7 Å². The molecular formula is C20H21N7O2. The maximum absolute atomic E-state index is 13.0. The van der Waals surface area contributed by atoms with E-state index < -0.39 is 0 Å². The summed E-state index contributed by atoms with van der Waals surface area (Å²) in [6.45, 7) is 4.67. The first-order valence-corrected chi connectivity index (χ1v) is 9.37. The van der Waals surface area contributed by atoms with E-state index in [0.717, 1.165) is 16.7 Å². The van der Waals surface area contributed by atoms with E-state index in [1.54, 1.807) is 23.0 Å². The second-order valence-electron chi connectivity index (χ2n) is 6.33. The average molecular weight is 391 g/mol. The zero-order valence-electron chi connectivity index (χ0n) is 16.5. The minimum absolute atomic E-state index is 0.264. The lowest BCUT2D eigenvalue weighted by molar-refractivity contribution is 0.102. The van der Waals surface area contributed by atoms with Gasteiger partial charge in [-0.2, -0.15) is 5.10 Å². The van der Waals surface area contributed by atoms with Gasteiger partial charge in [0.25, 0.3) is 5.91 Å². The molecule has 4 rings (SSSR count). The highest BCUT2D eigenvalue weighted by Gasteiger charge is 2.20. The van der Waals surface area contributed by atoms with E-state index in [4.69, 9.17) is 4.74 Å². The van der Waals surface area contributed by atoms with Crippen LogP contribution in [0.15, 0.2) is 42.6 Å². The molecule has 0 atom stereocenters. The zero-order valence-corrected chi connectivity index (χ0v) is 16.5. The van der Waals surface area contributed by atoms with E-state index in [9.17, 15) is 4.79 Å². The zero-order chi connectivity index (χ0) is 20.4. The van der Waals surface area contributed by atoms with Crippen molar-refractivity contribution in [1.82, 2.24) is 29.5 Å². The number of hydrogen-bond acceptors (Lipinski definition) is 6. The third-order valence-electron chi connectivity index (χ3n) is 4.70. The van der Waals surface area contributed by atoms with Crippen molar-refractivity contribution in [2.45, 2.75) is 26.8 Å². The van der Waals surface area contributed by atoms with Crippen molar-refractivity contribution in [3.63, 3.8) is 0 Å². The number of methoxy groups -OCH3 is 1. The van der Waals surface area contributed by atoms with E-state index in [0.29, 0.717) is 36.2 Å². The monoisotopic (exact) mass is 391 g/mol. The second kappa shape index (κ2) is 7.70. The Balaban J connectivity index is 1.67. The number of nitrogens with zero attached hydrogens (tertiary/aromatic N) is 6. The third-order valence-corrected chi connectivity index (χ3v) is 4.70. The first-order chi connectivity index (χ1) is 14.2. The number of ether oxygens (including phenoxy) is 1. The molecule has 0 aliphatic carbocycles. The Labute approximate surface area is 167 Å². The first kappa shape index (κ1) is 18.6. The molecule has 9 heteroatoms. The van der Waals surface area contributed by atoms with Crippen LogP contribution in [-0.4, -0.2) is 42.5 Å². The van der Waals surface area contributed by atoms with Crippen molar-refractivity contribution in [2.24, 2.45) is 0 Å². The van der Waals surface area contributed by atoms with Crippen molar-refractivity contribution in [3.8, 4) is 11.7 Å². The highest BCUT2D eigenvalue weighted by atomic mass is 16.5. The fraction of sp³-hybridized carbons (Fsp3) is 0.250. The number of nitrogens with one attached hydrogen (secondary N) is 1. The molecule has 9 nitrogen and oxygen atoms in total. The van der Waals surface area contributed by atoms with Gasteiger partial charge in [0.05, 0.1) is 35.6 Å². The quantitative estimate of drug-likeness (QED) is 0.542. The van der Waals surface area contributed by atoms with Gasteiger partial charge in [-0.3, -0.25) is 10.1 Å². The number of anilines is 1. The maximum Gasteiger partial charge on any atom is 0.261 e. The Hall–Kier alpha value is -3.75. The summed E-state index contributed by atoms with van der Waals surface area (Å²) in [7, 11) is 1.53. The van der Waals surface area contributed by atoms with Crippen LogP contribution in [0.2, 0.25) is 0 Å². The lowest BCUT2D eigenvalue weighted by Gasteiger charge is -2.09. The minimum Gasteiger partial charge on any atom is -0.480 e. The van der Waals surface area contributed by atoms with Crippen LogP contribution < -0.4 is 10.1 Å². The fourth-order valence-electron chi connectivity index (χ4n) is 3.30. The fourth-order valence-corrected chi connectivity index (χ4v) is 3.30. The van der Waals surface area contributed by atoms with Crippen LogP contribution in [0.5, 0.6) is 5.88 Å². The summed E-state index contributed by atoms with van der Waals surface area (Å²) < 4.78 is 8.63. The molecule has 0 aliphatic rings. The van der Waals surface area contributed by atoms with Crippen molar-refractivity contribution >= 4 is 22.9 Å². The number of rotatable bonds is 6. The molecule has 0 saturated carbocycles. The van der Waals surface area contributed by atoms with Gasteiger partial charge in [-0.15, -0.1) is 10.2 Å². The van der Waals surface area contributed by atoms with Crippen molar-refractivity contribution in [3.05, 3.63) is 53.9 Å². The molecule has 3 aromatic heterocycles. The van der Waals surface area contributed by atoms with Gasteiger partial charge in [-0.05, 0) is 31.5 Å². The molecule has 1 aromatic carbocycles. The van der Waals surface area contributed by atoms with Crippen LogP contribution in [0.3, 0.4) is 0 Å². The van der Waals surface area contributed by atoms with Crippen molar-refractivity contribution < 1.29 is 9.53 Å². The molecule has 0 spiro atoms. The molecule has 1 N–H and O–H groups in total. The van der Waals surface area contributed by atoms with Crippen molar-refractivity contribution in [2.75, 3.05) is 12.4 Å². The van der Waals surface area contributed by atoms with Crippen molar-refractivity contribution in [1.29, 1.82) is 0 Å². The van der Waals surface area contributed by atoms with Gasteiger partial charge in [0.2, 0.25) is 11.8 Å². The van der Waals surface area contributed by atoms with Crippen LogP contribution in [0.4, 0.5) is 5.95 Å². The van der Waals surface area contributed by atoms with Crippen LogP contribution in [0, 0.1) is 0 Å². The Kier molecular flexibility index (Phi) is 4.94. The maximum atomic E-state index is 13.0. The number of carbonyl (C=O) groups is 1. The van der Waals surface area contributed by atoms with E-state index >= 15 is 0 Å². The summed E-state index contributed by atoms with van der Waals surface area (Å²) in [6, 6.07) is 11.2. The molecule has 3 heterocycles. The summed E-state index contributed by atoms with van der Waals surface area (Å²) >= 11 is 0. The number of aryl methyl sites for hydroxylation is 1. The van der Waals surface area contributed by atoms with Crippen LogP contribution in [-0.2, 0) is 13.0 Å². The molecule has 29 heavy (non-hydrogen) atoms. The molecule has 0 radical (unpaired) electrons. The Morgan fingerprint density at radius 2 is 1.97 bits per heavy atom. The molecule has 0 bridgehead atoms. The van der Waals surface area contributed by atoms with Gasteiger partial charge in [-0.1, -0.05) is 19.1 Å². The lowest BCUT2D eigenvalue weighted by atomic mass is 10.2. The second-order valence-corrected chi connectivity index (χ2v) is 6.33. The Morgan fingerprint density at radius 3 is 2.66 bits per heavy atom. The van der Waals surface area contributed by atoms with E-state index in [2.05, 4.69) is 25.6 Å². The van der Waals surface area contributed by atoms with Gasteiger partial charge in [0, 0.05) is 12.6 Å². The highest BCUT2D eigenvalue weighted by Crippen LogP contribution is 2.21. The normalized spacial score (nSPS) is 11.0. The average Bonchev–Trinajstić information content (AvgIpc) is 3.34. The molecular weight excluding hydrogens is 370 g/mol. The first-order valence-electron chi connectivity index (χ1n) is 9.37. The molecule has 4 aromatic rings. The predicted octanol–water partition coefficient (Wildman–Crippen LogP) is 2.86. The number of amides is 1. The summed E-state index contributed by atoms with van der Waals surface area (Å²) in [5.74, 6) is 1.18. The van der Waals surface area contributed by atoms with Gasteiger partial charge in [0.1, 0.15) is 0 Å². The predicted molar refractivity (Wildman–Crippen MR) is 108 cm³/mol. The standard InChI is InChI=1S/C20H21N7O2/c1-4-15-13(12-21-27(15)17-10-11-18(29-3)25-24-17)19(28)23-20-22-14-8-6-7-9-16(14)26(20)5-2/h6-12H,4-5H2,1-3H3,(H,22,23,28). The highest BCUT2D eigenvalue weighted by molar-refractivity contribution is 6.04. The molecule has 148 valence electrons. The van der Waals surface area contributed by atoms with Crippen LogP contribution >= 0.6 is 0 Å². The minimum atomic E-state index is -0.264. The topological polar surface area (TPSA) is 99.8 Å². The third kappa shape index (κ3) is 3.31. The Morgan fingerprint density at radius 1 is 1.14 bits per heavy atom. The Bertz CT molecular complexity index is 1160. The van der Waals surface area contributed by atoms with Crippen LogP contribution in [0.1, 0.15) is 29.9 Å². The number of imidazole rings is 1. The molecule has 0 fully saturated rings. The largest absolute Gasteiger partial charge is 0.480 e. The van der Waals surface area contributed by atoms with Crippen LogP contribution in [0.25, 0.3) is 16.9 Å². The van der Waals surface area contributed by atoms with Gasteiger partial charge < -0.3 is 9.30 Å². The number of fused-ring (bicyclic) bond motifs is 1. The lowest BCUT2D eigenvalue weighted by Crippen LogP contribution is -2.17. The summed E-state index contributed by atoms with van der Waals surface area (Å²) in [5, 5.41) is 15.4. The number of para-hydroxylation sites is 2. The number of hydrogen-bond donors (Lipinski definition) is 1. The van der Waals surface area contributed by atoms with E-state index in [-0.39, 0.29) is 5.91 Å². The van der Waals surface area contributed by atoms with Gasteiger partial charge in [0.15, 0.2) is 5.82 Å². The molecule has 0 aliphatic heterocycles. The smallest absolute Gasteiger partial charge is 0.261 e. The number of benzene rings is 1. The summed E-state index contributed by atoms with van der Waals surface area (Å²) in [5.41, 5.74) is 3.02. The number of carbonyl (C=O) groups excluding carboxylic acids is 1. The van der Waals surface area contributed by atoms with Gasteiger partial charge >= 0.3 is 0 Å². The number of aromatic nitrogens is 6. The SMILES string of the molecule is CCc1c(C(=O)Nc2nc3ccccc3n2CC)cnn1-c1ccc(OC)nn1. The van der Waals surface area contributed by atoms with E-state index in [1.165, 1.54) is 7.11 Å². The summed E-state index contributed by atoms with van der Waals surface area (Å²) in [6.07, 6.45) is 2.14. The molecule has 0 unspecified atom stereocenters. The molecule has 1 amide bonds. The molecule has 0 saturated heterocycles. The summed E-state index contributed by atoms with van der Waals surface area (Å²) in [4.78, 5) is 17.6. The van der Waals surface area contributed by atoms with Gasteiger partial charge in [-0.25, -0.2) is 9.67 Å².